The normalized spacial score (nSPS) is 25.6. The molecule has 1 fully saturated rings. The van der Waals surface area contributed by atoms with Gasteiger partial charge in [0.05, 0.1) is 12.3 Å². The monoisotopic (exact) mass is 221 g/mol. The van der Waals surface area contributed by atoms with Crippen LogP contribution in [0.4, 0.5) is 0 Å². The largest absolute Gasteiger partial charge is 0.354 e. The fourth-order valence-electron chi connectivity index (χ4n) is 1.45. The first kappa shape index (κ1) is 11.4. The van der Waals surface area contributed by atoms with Crippen molar-refractivity contribution in [3.8, 4) is 0 Å². The van der Waals surface area contributed by atoms with Crippen molar-refractivity contribution >= 4 is 15.9 Å². The summed E-state index contributed by atoms with van der Waals surface area (Å²) in [6, 6.07) is -0.323. The van der Waals surface area contributed by atoms with E-state index in [9.17, 15) is 13.2 Å². The highest BCUT2D eigenvalue weighted by molar-refractivity contribution is 7.88. The minimum atomic E-state index is -3.27. The number of nitrogens with one attached hydrogen (secondary N) is 1. The van der Waals surface area contributed by atoms with Crippen molar-refractivity contribution in [3.05, 3.63) is 0 Å². The van der Waals surface area contributed by atoms with Crippen molar-refractivity contribution in [2.75, 3.05) is 25.9 Å². The van der Waals surface area contributed by atoms with E-state index in [1.165, 1.54) is 4.31 Å². The number of sulfonamides is 1. The molecule has 1 rings (SSSR count). The van der Waals surface area contributed by atoms with Crippen LogP contribution in [-0.4, -0.2) is 50.6 Å². The molecule has 7 heteroatoms. The molecule has 0 bridgehead atoms. The zero-order valence-corrected chi connectivity index (χ0v) is 8.88. The van der Waals surface area contributed by atoms with Gasteiger partial charge in [0.2, 0.25) is 15.9 Å². The quantitative estimate of drug-likeness (QED) is 0.569. The molecule has 0 saturated carbocycles. The Labute approximate surface area is 83.5 Å². The summed E-state index contributed by atoms with van der Waals surface area (Å²) in [6.45, 7) is 0.724. The van der Waals surface area contributed by atoms with Crippen molar-refractivity contribution in [1.29, 1.82) is 0 Å². The van der Waals surface area contributed by atoms with Gasteiger partial charge in [0.1, 0.15) is 0 Å². The van der Waals surface area contributed by atoms with Gasteiger partial charge in [-0.3, -0.25) is 4.79 Å². The van der Waals surface area contributed by atoms with Crippen LogP contribution in [0.5, 0.6) is 0 Å². The van der Waals surface area contributed by atoms with Gasteiger partial charge in [-0.2, -0.15) is 4.31 Å². The van der Waals surface area contributed by atoms with Gasteiger partial charge in [0.25, 0.3) is 0 Å². The molecule has 82 valence electrons. The number of rotatable bonds is 2. The number of amides is 1. The fraction of sp³-hybridized carbons (Fsp3) is 0.857. The van der Waals surface area contributed by atoms with Crippen molar-refractivity contribution in [2.45, 2.75) is 12.5 Å². The Bertz CT molecular complexity index is 314. The number of carbonyl (C=O) groups excluding carboxylic acids is 1. The van der Waals surface area contributed by atoms with E-state index in [-0.39, 0.29) is 31.5 Å². The highest BCUT2D eigenvalue weighted by atomic mass is 32.2. The molecule has 1 amide bonds. The number of nitrogens with zero attached hydrogens (tertiary/aromatic N) is 1. The van der Waals surface area contributed by atoms with Crippen LogP contribution < -0.4 is 11.1 Å². The molecule has 6 nitrogen and oxygen atoms in total. The van der Waals surface area contributed by atoms with Crippen LogP contribution in [0, 0.1) is 0 Å². The summed E-state index contributed by atoms with van der Waals surface area (Å²) in [7, 11) is -3.27. The standard InChI is InChI=1S/C7H15N3O3S/c1-14(12,13)10-3-2-7(11)9-5-6(10)4-8/h6H,2-5,8H2,1H3,(H,9,11)/t6-/m1/s1. The summed E-state index contributed by atoms with van der Waals surface area (Å²) in [5.74, 6) is -0.130. The zero-order chi connectivity index (χ0) is 10.8. The molecule has 0 spiro atoms. The highest BCUT2D eigenvalue weighted by Crippen LogP contribution is 2.08. The molecule has 0 radical (unpaired) electrons. The lowest BCUT2D eigenvalue weighted by atomic mass is 10.3. The van der Waals surface area contributed by atoms with Crippen molar-refractivity contribution in [2.24, 2.45) is 5.73 Å². The number of nitrogens with two attached hydrogens (primary N) is 1. The second kappa shape index (κ2) is 4.24. The summed E-state index contributed by atoms with van der Waals surface area (Å²) < 4.78 is 24.0. The molecule has 1 atom stereocenters. The first-order chi connectivity index (χ1) is 6.45. The maximum atomic E-state index is 11.3. The number of hydrogen-bond acceptors (Lipinski definition) is 4. The van der Waals surface area contributed by atoms with Gasteiger partial charge < -0.3 is 11.1 Å². The molecule has 0 aromatic heterocycles. The molecule has 1 saturated heterocycles. The summed E-state index contributed by atoms with van der Waals surface area (Å²) in [6.07, 6.45) is 1.33. The van der Waals surface area contributed by atoms with Crippen LogP contribution in [-0.2, 0) is 14.8 Å². The third kappa shape index (κ3) is 2.66. The Hall–Kier alpha value is -0.660. The minimum Gasteiger partial charge on any atom is -0.354 e. The molecule has 14 heavy (non-hydrogen) atoms. The Morgan fingerprint density at radius 2 is 2.29 bits per heavy atom. The maximum Gasteiger partial charge on any atom is 0.221 e. The molecule has 1 aliphatic rings. The first-order valence-electron chi connectivity index (χ1n) is 4.38. The van der Waals surface area contributed by atoms with Crippen LogP contribution in [0.2, 0.25) is 0 Å². The van der Waals surface area contributed by atoms with Gasteiger partial charge in [0.15, 0.2) is 0 Å². The molecule has 1 heterocycles. The number of carbonyl (C=O) groups is 1. The van der Waals surface area contributed by atoms with Gasteiger partial charge in [-0.05, 0) is 0 Å². The SMILES string of the molecule is CS(=O)(=O)N1CCC(=O)NC[C@H]1CN. The Balaban J connectivity index is 2.84. The third-order valence-corrected chi connectivity index (χ3v) is 3.53. The van der Waals surface area contributed by atoms with E-state index in [4.69, 9.17) is 5.73 Å². The van der Waals surface area contributed by atoms with Crippen molar-refractivity contribution in [1.82, 2.24) is 9.62 Å². The van der Waals surface area contributed by atoms with Gasteiger partial charge >= 0.3 is 0 Å². The van der Waals surface area contributed by atoms with Gasteiger partial charge in [-0.25, -0.2) is 8.42 Å². The molecule has 0 aliphatic carbocycles. The summed E-state index contributed by atoms with van der Waals surface area (Å²) in [4.78, 5) is 11.0. The number of hydrogen-bond donors (Lipinski definition) is 2. The molecule has 0 unspecified atom stereocenters. The average molecular weight is 221 g/mol. The first-order valence-corrected chi connectivity index (χ1v) is 6.23. The minimum absolute atomic E-state index is 0.130. The molecular weight excluding hydrogens is 206 g/mol. The summed E-state index contributed by atoms with van der Waals surface area (Å²) >= 11 is 0. The van der Waals surface area contributed by atoms with Gasteiger partial charge in [-0.1, -0.05) is 0 Å². The second-order valence-electron chi connectivity index (χ2n) is 3.32. The molecular formula is C7H15N3O3S. The van der Waals surface area contributed by atoms with E-state index >= 15 is 0 Å². The van der Waals surface area contributed by atoms with Crippen LogP contribution >= 0.6 is 0 Å². The van der Waals surface area contributed by atoms with E-state index in [1.807, 2.05) is 0 Å². The molecule has 0 aromatic rings. The zero-order valence-electron chi connectivity index (χ0n) is 8.06. The second-order valence-corrected chi connectivity index (χ2v) is 5.25. The fourth-order valence-corrected chi connectivity index (χ4v) is 2.58. The lowest BCUT2D eigenvalue weighted by Gasteiger charge is -2.25. The Morgan fingerprint density at radius 3 is 2.79 bits per heavy atom. The van der Waals surface area contributed by atoms with Crippen LogP contribution in [0.25, 0.3) is 0 Å². The lowest BCUT2D eigenvalue weighted by molar-refractivity contribution is -0.120. The van der Waals surface area contributed by atoms with Crippen molar-refractivity contribution in [3.63, 3.8) is 0 Å². The lowest BCUT2D eigenvalue weighted by Crippen LogP contribution is -2.47. The third-order valence-electron chi connectivity index (χ3n) is 2.20. The average Bonchev–Trinajstić information content (AvgIpc) is 2.25. The van der Waals surface area contributed by atoms with E-state index in [2.05, 4.69) is 5.32 Å². The van der Waals surface area contributed by atoms with E-state index in [0.29, 0.717) is 6.54 Å². The van der Waals surface area contributed by atoms with Gasteiger partial charge in [-0.15, -0.1) is 0 Å². The maximum absolute atomic E-state index is 11.3. The van der Waals surface area contributed by atoms with E-state index in [1.54, 1.807) is 0 Å². The van der Waals surface area contributed by atoms with E-state index in [0.717, 1.165) is 6.26 Å². The molecule has 0 aromatic carbocycles. The van der Waals surface area contributed by atoms with Gasteiger partial charge in [0, 0.05) is 26.1 Å². The topological polar surface area (TPSA) is 92.5 Å². The predicted octanol–water partition coefficient (Wildman–Crippen LogP) is -1.90. The van der Waals surface area contributed by atoms with Crippen molar-refractivity contribution < 1.29 is 13.2 Å². The smallest absolute Gasteiger partial charge is 0.221 e. The predicted molar refractivity (Wildman–Crippen MR) is 52.0 cm³/mol. The van der Waals surface area contributed by atoms with Crippen LogP contribution in [0.15, 0.2) is 0 Å². The highest BCUT2D eigenvalue weighted by Gasteiger charge is 2.28. The Morgan fingerprint density at radius 1 is 1.64 bits per heavy atom. The summed E-state index contributed by atoms with van der Waals surface area (Å²) in [5.41, 5.74) is 5.45. The van der Waals surface area contributed by atoms with Crippen LogP contribution in [0.1, 0.15) is 6.42 Å². The molecule has 3 N–H and O–H groups in total. The summed E-state index contributed by atoms with van der Waals surface area (Å²) in [5, 5.41) is 2.62. The molecule has 1 aliphatic heterocycles. The Kier molecular flexibility index (Phi) is 3.46. The van der Waals surface area contributed by atoms with E-state index < -0.39 is 10.0 Å². The van der Waals surface area contributed by atoms with Crippen LogP contribution in [0.3, 0.4) is 0 Å².